The van der Waals surface area contributed by atoms with Gasteiger partial charge >= 0.3 is 0 Å². The van der Waals surface area contributed by atoms with Crippen LogP contribution in [0, 0.1) is 5.82 Å². The molecule has 0 heterocycles. The third-order valence-corrected chi connectivity index (χ3v) is 6.13. The summed E-state index contributed by atoms with van der Waals surface area (Å²) in [6.45, 7) is 0.213. The second kappa shape index (κ2) is 7.42. The van der Waals surface area contributed by atoms with Gasteiger partial charge in [-0.15, -0.1) is 0 Å². The number of halogens is 2. The summed E-state index contributed by atoms with van der Waals surface area (Å²) in [5.41, 5.74) is 0.962. The topological polar surface area (TPSA) is 66.5 Å². The molecular weight excluding hydrogens is 399 g/mol. The number of sulfonamides is 1. The Morgan fingerprint density at radius 1 is 1.17 bits per heavy atom. The average Bonchev–Trinajstić information content (AvgIpc) is 2.54. The van der Waals surface area contributed by atoms with E-state index < -0.39 is 15.9 Å². The molecule has 2 aromatic rings. The number of amides is 1. The van der Waals surface area contributed by atoms with Crippen molar-refractivity contribution in [1.29, 1.82) is 0 Å². The molecule has 8 heteroatoms. The minimum Gasteiger partial charge on any atom is -0.348 e. The number of rotatable bonds is 5. The maximum Gasteiger partial charge on any atom is 0.251 e. The highest BCUT2D eigenvalue weighted by atomic mass is 79.9. The van der Waals surface area contributed by atoms with Crippen molar-refractivity contribution in [2.75, 3.05) is 14.1 Å². The highest BCUT2D eigenvalue weighted by Crippen LogP contribution is 2.25. The number of hydrogen-bond donors (Lipinski definition) is 1. The zero-order chi connectivity index (χ0) is 17.9. The van der Waals surface area contributed by atoms with Crippen LogP contribution in [0.4, 0.5) is 4.39 Å². The molecule has 2 rings (SSSR count). The van der Waals surface area contributed by atoms with Gasteiger partial charge in [0.1, 0.15) is 5.82 Å². The Balaban J connectivity index is 2.20. The summed E-state index contributed by atoms with van der Waals surface area (Å²) in [4.78, 5) is 12.3. The van der Waals surface area contributed by atoms with E-state index in [2.05, 4.69) is 21.2 Å². The first-order valence-electron chi connectivity index (χ1n) is 6.96. The van der Waals surface area contributed by atoms with E-state index in [0.29, 0.717) is 4.47 Å². The van der Waals surface area contributed by atoms with Crippen molar-refractivity contribution in [2.45, 2.75) is 11.4 Å². The van der Waals surface area contributed by atoms with E-state index >= 15 is 0 Å². The number of benzene rings is 2. The molecule has 0 radical (unpaired) electrons. The lowest BCUT2D eigenvalue weighted by atomic mass is 10.2. The zero-order valence-electron chi connectivity index (χ0n) is 13.1. The predicted octanol–water partition coefficient (Wildman–Crippen LogP) is 2.77. The highest BCUT2D eigenvalue weighted by molar-refractivity contribution is 9.10. The SMILES string of the molecule is CN(C)S(=O)(=O)c1cc(C(=O)NCc2ccc(F)cc2)ccc1Br. The molecule has 1 N–H and O–H groups in total. The van der Waals surface area contributed by atoms with Gasteiger partial charge in [-0.3, -0.25) is 4.79 Å². The van der Waals surface area contributed by atoms with Gasteiger partial charge in [0.05, 0.1) is 4.90 Å². The third-order valence-electron chi connectivity index (χ3n) is 3.32. The Labute approximate surface area is 148 Å². The Hall–Kier alpha value is -1.77. The van der Waals surface area contributed by atoms with Crippen molar-refractivity contribution >= 4 is 31.9 Å². The van der Waals surface area contributed by atoms with Crippen LogP contribution in [0.3, 0.4) is 0 Å². The normalized spacial score (nSPS) is 11.5. The van der Waals surface area contributed by atoms with Gasteiger partial charge in [0, 0.05) is 30.7 Å². The summed E-state index contributed by atoms with van der Waals surface area (Å²) >= 11 is 3.19. The lowest BCUT2D eigenvalue weighted by Crippen LogP contribution is -2.25. The average molecular weight is 415 g/mol. The van der Waals surface area contributed by atoms with Gasteiger partial charge in [0.15, 0.2) is 0 Å². The lowest BCUT2D eigenvalue weighted by Gasteiger charge is -2.14. The fourth-order valence-electron chi connectivity index (χ4n) is 1.93. The quantitative estimate of drug-likeness (QED) is 0.817. The smallest absolute Gasteiger partial charge is 0.251 e. The molecule has 0 spiro atoms. The van der Waals surface area contributed by atoms with Crippen LogP contribution < -0.4 is 5.32 Å². The molecule has 0 saturated heterocycles. The number of hydrogen-bond acceptors (Lipinski definition) is 3. The summed E-state index contributed by atoms with van der Waals surface area (Å²) in [6.07, 6.45) is 0. The minimum absolute atomic E-state index is 0.0157. The van der Waals surface area contributed by atoms with Gasteiger partial charge in [0.25, 0.3) is 5.91 Å². The van der Waals surface area contributed by atoms with Crippen molar-refractivity contribution in [3.05, 3.63) is 63.9 Å². The Morgan fingerprint density at radius 3 is 2.38 bits per heavy atom. The van der Waals surface area contributed by atoms with Gasteiger partial charge < -0.3 is 5.32 Å². The van der Waals surface area contributed by atoms with E-state index in [1.807, 2.05) is 0 Å². The fourth-order valence-corrected chi connectivity index (χ4v) is 3.77. The van der Waals surface area contributed by atoms with Gasteiger partial charge in [-0.2, -0.15) is 0 Å². The molecule has 0 aliphatic carbocycles. The minimum atomic E-state index is -3.67. The Bertz CT molecular complexity index is 852. The van der Waals surface area contributed by atoms with Gasteiger partial charge in [-0.05, 0) is 51.8 Å². The predicted molar refractivity (Wildman–Crippen MR) is 92.6 cm³/mol. The molecule has 5 nitrogen and oxygen atoms in total. The maximum atomic E-state index is 12.9. The Kier molecular flexibility index (Phi) is 5.74. The van der Waals surface area contributed by atoms with Crippen LogP contribution in [-0.2, 0) is 16.6 Å². The summed E-state index contributed by atoms with van der Waals surface area (Å²) in [5, 5.41) is 2.68. The standard InChI is InChI=1S/C16H16BrFN2O3S/c1-20(2)24(22,23)15-9-12(5-8-14(15)17)16(21)19-10-11-3-6-13(18)7-4-11/h3-9H,10H2,1-2H3,(H,19,21). The molecule has 2 aromatic carbocycles. The Morgan fingerprint density at radius 2 is 1.79 bits per heavy atom. The van der Waals surface area contributed by atoms with E-state index in [1.165, 1.54) is 44.4 Å². The number of nitrogens with one attached hydrogen (secondary N) is 1. The summed E-state index contributed by atoms with van der Waals surface area (Å²) < 4.78 is 38.8. The first-order valence-corrected chi connectivity index (χ1v) is 9.20. The molecule has 1 amide bonds. The summed E-state index contributed by atoms with van der Waals surface area (Å²) in [7, 11) is -0.831. The second-order valence-corrected chi connectivity index (χ2v) is 8.22. The van der Waals surface area contributed by atoms with Gasteiger partial charge in [-0.1, -0.05) is 12.1 Å². The molecule has 24 heavy (non-hydrogen) atoms. The van der Waals surface area contributed by atoms with Crippen molar-refractivity contribution in [3.63, 3.8) is 0 Å². The van der Waals surface area contributed by atoms with E-state index in [1.54, 1.807) is 12.1 Å². The first kappa shape index (κ1) is 18.6. The largest absolute Gasteiger partial charge is 0.348 e. The van der Waals surface area contributed by atoms with Crippen LogP contribution in [0.5, 0.6) is 0 Å². The van der Waals surface area contributed by atoms with Gasteiger partial charge in [-0.25, -0.2) is 17.1 Å². The molecular formula is C16H16BrFN2O3S. The van der Waals surface area contributed by atoms with Crippen molar-refractivity contribution in [1.82, 2.24) is 9.62 Å². The molecule has 128 valence electrons. The van der Waals surface area contributed by atoms with Gasteiger partial charge in [0.2, 0.25) is 10.0 Å². The van der Waals surface area contributed by atoms with E-state index in [4.69, 9.17) is 0 Å². The number of carbonyl (C=O) groups excluding carboxylic acids is 1. The van der Waals surface area contributed by atoms with Crippen LogP contribution >= 0.6 is 15.9 Å². The molecule has 0 aromatic heterocycles. The summed E-state index contributed by atoms with van der Waals surface area (Å²) in [5.74, 6) is -0.765. The van der Waals surface area contributed by atoms with Crippen LogP contribution in [0.2, 0.25) is 0 Å². The molecule has 0 fully saturated rings. The monoisotopic (exact) mass is 414 g/mol. The number of carbonyl (C=O) groups is 1. The molecule has 0 saturated carbocycles. The van der Waals surface area contributed by atoms with E-state index in [9.17, 15) is 17.6 Å². The van der Waals surface area contributed by atoms with Crippen molar-refractivity contribution in [2.24, 2.45) is 0 Å². The molecule has 0 atom stereocenters. The second-order valence-electron chi connectivity index (χ2n) is 5.24. The van der Waals surface area contributed by atoms with Crippen molar-refractivity contribution in [3.8, 4) is 0 Å². The van der Waals surface area contributed by atoms with E-state index in [-0.39, 0.29) is 22.8 Å². The van der Waals surface area contributed by atoms with Crippen LogP contribution in [0.25, 0.3) is 0 Å². The lowest BCUT2D eigenvalue weighted by molar-refractivity contribution is 0.0950. The highest BCUT2D eigenvalue weighted by Gasteiger charge is 2.22. The number of nitrogens with zero attached hydrogens (tertiary/aromatic N) is 1. The first-order chi connectivity index (χ1) is 11.2. The fraction of sp³-hybridized carbons (Fsp3) is 0.188. The zero-order valence-corrected chi connectivity index (χ0v) is 15.5. The molecule has 0 unspecified atom stereocenters. The van der Waals surface area contributed by atoms with Crippen molar-refractivity contribution < 1.29 is 17.6 Å². The summed E-state index contributed by atoms with van der Waals surface area (Å²) in [6, 6.07) is 10.1. The van der Waals surface area contributed by atoms with E-state index in [0.717, 1.165) is 9.87 Å². The third kappa shape index (κ3) is 4.19. The molecule has 0 aliphatic rings. The van der Waals surface area contributed by atoms with Crippen LogP contribution in [0.15, 0.2) is 51.8 Å². The maximum absolute atomic E-state index is 12.9. The molecule has 0 bridgehead atoms. The van der Waals surface area contributed by atoms with Crippen LogP contribution in [0.1, 0.15) is 15.9 Å². The van der Waals surface area contributed by atoms with Crippen LogP contribution in [-0.4, -0.2) is 32.7 Å². The molecule has 0 aliphatic heterocycles.